The van der Waals surface area contributed by atoms with Crippen molar-refractivity contribution in [3.8, 4) is 0 Å². The molecule has 1 aliphatic rings. The number of amides is 1. The highest BCUT2D eigenvalue weighted by molar-refractivity contribution is 7.87. The Labute approximate surface area is 117 Å². The smallest absolute Gasteiger partial charge is 0.434 e. The summed E-state index contributed by atoms with van der Waals surface area (Å²) in [6.45, 7) is 3.49. The van der Waals surface area contributed by atoms with Crippen molar-refractivity contribution in [2.24, 2.45) is 0 Å². The lowest BCUT2D eigenvalue weighted by atomic mass is 10.2. The summed E-state index contributed by atoms with van der Waals surface area (Å²) in [6, 6.07) is 4.76. The van der Waals surface area contributed by atoms with Crippen LogP contribution >= 0.6 is 0 Å². The van der Waals surface area contributed by atoms with Crippen molar-refractivity contribution in [1.82, 2.24) is 4.90 Å². The Morgan fingerprint density at radius 1 is 1.20 bits per heavy atom. The lowest BCUT2D eigenvalue weighted by molar-refractivity contribution is 0.180. The van der Waals surface area contributed by atoms with Gasteiger partial charge in [0.25, 0.3) is 0 Å². The van der Waals surface area contributed by atoms with Crippen molar-refractivity contribution in [1.29, 1.82) is 0 Å². The lowest BCUT2D eigenvalue weighted by Crippen LogP contribution is -2.25. The first-order chi connectivity index (χ1) is 9.40. The van der Waals surface area contributed by atoms with E-state index in [9.17, 15) is 13.2 Å². The predicted octanol–water partition coefficient (Wildman–Crippen LogP) is 2.40. The molecule has 1 aliphatic heterocycles. The summed E-state index contributed by atoms with van der Waals surface area (Å²) in [6.07, 6.45) is 3.93. The van der Waals surface area contributed by atoms with E-state index in [4.69, 9.17) is 4.74 Å². The van der Waals surface area contributed by atoms with E-state index in [2.05, 4.69) is 4.18 Å². The van der Waals surface area contributed by atoms with Gasteiger partial charge >= 0.3 is 16.2 Å². The fraction of sp³-hybridized carbons (Fsp3) is 0.154. The summed E-state index contributed by atoms with van der Waals surface area (Å²) in [7, 11) is -4.16. The Hall–Kier alpha value is -2.28. The molecule has 0 aliphatic carbocycles. The third-order valence-corrected chi connectivity index (χ3v) is 3.95. The largest absolute Gasteiger partial charge is 0.470 e. The van der Waals surface area contributed by atoms with Gasteiger partial charge in [0.05, 0.1) is 12.4 Å². The molecule has 7 heteroatoms. The molecule has 1 aromatic rings. The molecule has 0 saturated heterocycles. The molecule has 0 unspecified atom stereocenters. The molecule has 106 valence electrons. The zero-order valence-electron chi connectivity index (χ0n) is 10.9. The number of hydrogen-bond donors (Lipinski definition) is 0. The normalized spacial score (nSPS) is 14.0. The van der Waals surface area contributed by atoms with Crippen molar-refractivity contribution in [3.63, 3.8) is 0 Å². The number of ether oxygens (including phenoxy) is 1. The summed E-state index contributed by atoms with van der Waals surface area (Å²) < 4.78 is 33.5. The molecule has 0 N–H and O–H groups in total. The number of hydrogen-bond acceptors (Lipinski definition) is 5. The fourth-order valence-electron chi connectivity index (χ4n) is 1.68. The molecule has 6 nitrogen and oxygen atoms in total. The van der Waals surface area contributed by atoms with Gasteiger partial charge < -0.3 is 8.92 Å². The van der Waals surface area contributed by atoms with Crippen LogP contribution in [0.4, 0.5) is 4.79 Å². The van der Waals surface area contributed by atoms with E-state index in [1.165, 1.54) is 31.0 Å². The molecule has 2 rings (SSSR count). The molecule has 0 spiro atoms. The van der Waals surface area contributed by atoms with Gasteiger partial charge in [-0.25, -0.2) is 4.79 Å². The molecule has 0 radical (unpaired) electrons. The fourth-order valence-corrected chi connectivity index (χ4v) is 2.73. The topological polar surface area (TPSA) is 72.9 Å². The Morgan fingerprint density at radius 2 is 1.85 bits per heavy atom. The average Bonchev–Trinajstić information content (AvgIpc) is 2.38. The Kier molecular flexibility index (Phi) is 3.80. The molecule has 1 amide bonds. The number of aryl methyl sites for hydroxylation is 2. The molecule has 1 heterocycles. The molecule has 0 aromatic heterocycles. The summed E-state index contributed by atoms with van der Waals surface area (Å²) in [5.41, 5.74) is 1.44. The minimum absolute atomic E-state index is 0.0299. The maximum Gasteiger partial charge on any atom is 0.434 e. The second-order valence-corrected chi connectivity index (χ2v) is 5.70. The number of nitrogens with zero attached hydrogens (tertiary/aromatic N) is 1. The molecular weight excluding hydrogens is 282 g/mol. The minimum atomic E-state index is -4.16. The van der Waals surface area contributed by atoms with E-state index in [1.54, 1.807) is 19.1 Å². The van der Waals surface area contributed by atoms with Gasteiger partial charge in [0, 0.05) is 0 Å². The minimum Gasteiger partial charge on any atom is -0.470 e. The van der Waals surface area contributed by atoms with Crippen LogP contribution in [0, 0.1) is 13.8 Å². The van der Waals surface area contributed by atoms with Crippen molar-refractivity contribution in [3.05, 3.63) is 54.3 Å². The summed E-state index contributed by atoms with van der Waals surface area (Å²) in [5, 5.41) is 0. The highest BCUT2D eigenvalue weighted by atomic mass is 32.2. The summed E-state index contributed by atoms with van der Waals surface area (Å²) in [4.78, 5) is 12.7. The van der Waals surface area contributed by atoms with Gasteiger partial charge in [0.15, 0.2) is 0 Å². The van der Waals surface area contributed by atoms with E-state index >= 15 is 0 Å². The zero-order valence-corrected chi connectivity index (χ0v) is 11.8. The predicted molar refractivity (Wildman–Crippen MR) is 70.8 cm³/mol. The van der Waals surface area contributed by atoms with Gasteiger partial charge in [-0.2, -0.15) is 8.42 Å². The first-order valence-corrected chi connectivity index (χ1v) is 7.14. The molecular formula is C13H13NO5S. The first-order valence-electron chi connectivity index (χ1n) is 5.73. The highest BCUT2D eigenvalue weighted by Crippen LogP contribution is 2.20. The highest BCUT2D eigenvalue weighted by Gasteiger charge is 2.25. The maximum atomic E-state index is 12.1. The summed E-state index contributed by atoms with van der Waals surface area (Å²) >= 11 is 0. The van der Waals surface area contributed by atoms with Crippen LogP contribution in [0.3, 0.4) is 0 Å². The molecule has 20 heavy (non-hydrogen) atoms. The van der Waals surface area contributed by atoms with Crippen LogP contribution in [0.15, 0.2) is 48.0 Å². The standard InChI is InChI=1S/C13H13NO5S/c1-10-3-4-12(11(2)9-10)20(16,17)19-13(15)14-5-7-18-8-6-14/h3-9H,1-2H3. The maximum absolute atomic E-state index is 12.1. The van der Waals surface area contributed by atoms with E-state index in [0.29, 0.717) is 5.56 Å². The van der Waals surface area contributed by atoms with Crippen LogP contribution in [-0.4, -0.2) is 19.4 Å². The van der Waals surface area contributed by atoms with Crippen LogP contribution in [-0.2, 0) is 19.0 Å². The first kappa shape index (κ1) is 14.1. The quantitative estimate of drug-likeness (QED) is 0.783. The third-order valence-electron chi connectivity index (χ3n) is 2.59. The summed E-state index contributed by atoms with van der Waals surface area (Å²) in [5.74, 6) is 0. The van der Waals surface area contributed by atoms with E-state index in [0.717, 1.165) is 10.5 Å². The Bertz CT molecular complexity index is 679. The SMILES string of the molecule is Cc1ccc(S(=O)(=O)OC(=O)N2C=COC=C2)c(C)c1. The van der Waals surface area contributed by atoms with Gasteiger partial charge in [-0.1, -0.05) is 17.7 Å². The molecule has 0 fully saturated rings. The average molecular weight is 295 g/mol. The third kappa shape index (κ3) is 3.00. The molecule has 1 aromatic carbocycles. The van der Waals surface area contributed by atoms with Gasteiger partial charge in [0.1, 0.15) is 17.4 Å². The second-order valence-electron chi connectivity index (χ2n) is 4.19. The number of benzene rings is 1. The van der Waals surface area contributed by atoms with Crippen LogP contribution in [0.2, 0.25) is 0 Å². The van der Waals surface area contributed by atoms with Crippen molar-refractivity contribution < 1.29 is 22.1 Å². The number of carbonyl (C=O) groups is 1. The Balaban J connectivity index is 2.23. The van der Waals surface area contributed by atoms with Crippen LogP contribution in [0.25, 0.3) is 0 Å². The number of carbonyl (C=O) groups excluding carboxylic acids is 1. The number of rotatable bonds is 2. The monoisotopic (exact) mass is 295 g/mol. The Morgan fingerprint density at radius 3 is 2.45 bits per heavy atom. The van der Waals surface area contributed by atoms with Crippen LogP contribution in [0.1, 0.15) is 11.1 Å². The van der Waals surface area contributed by atoms with Crippen molar-refractivity contribution >= 4 is 16.2 Å². The van der Waals surface area contributed by atoms with Crippen molar-refractivity contribution in [2.45, 2.75) is 18.7 Å². The lowest BCUT2D eigenvalue weighted by Gasteiger charge is -2.15. The van der Waals surface area contributed by atoms with E-state index in [1.807, 2.05) is 6.92 Å². The zero-order chi connectivity index (χ0) is 14.8. The van der Waals surface area contributed by atoms with Gasteiger partial charge in [-0.15, -0.1) is 0 Å². The van der Waals surface area contributed by atoms with Gasteiger partial charge in [-0.05, 0) is 25.5 Å². The van der Waals surface area contributed by atoms with E-state index < -0.39 is 16.2 Å². The molecule has 0 atom stereocenters. The van der Waals surface area contributed by atoms with Crippen LogP contribution < -0.4 is 0 Å². The van der Waals surface area contributed by atoms with Crippen LogP contribution in [0.5, 0.6) is 0 Å². The molecule has 0 bridgehead atoms. The van der Waals surface area contributed by atoms with Crippen molar-refractivity contribution in [2.75, 3.05) is 0 Å². The second kappa shape index (κ2) is 5.38. The van der Waals surface area contributed by atoms with Gasteiger partial charge in [-0.3, -0.25) is 4.90 Å². The van der Waals surface area contributed by atoms with Gasteiger partial charge in [0.2, 0.25) is 0 Å². The molecule has 0 saturated carbocycles. The van der Waals surface area contributed by atoms with E-state index in [-0.39, 0.29) is 4.90 Å².